The van der Waals surface area contributed by atoms with Crippen molar-refractivity contribution >= 4 is 11.6 Å². The topological polar surface area (TPSA) is 94.4 Å². The molecule has 0 aliphatic carbocycles. The molecule has 0 bridgehead atoms. The molecule has 3 aromatic rings. The molecule has 1 aliphatic rings. The standard InChI is InChI=1S/C20H20N4O4/c1-14-8-10-22(11-9-14)20(25)18-13-17(19-3-2-12-28-19)21-23(18)15-4-6-16(7-5-15)24(26)27/h2-7,12-14H,8-11H2,1H3. The SMILES string of the molecule is CC1CCN(C(=O)c2cc(-c3ccco3)nn2-c2ccc([N+](=O)[O-])cc2)CC1. The maximum absolute atomic E-state index is 13.2. The monoisotopic (exact) mass is 380 g/mol. The number of hydrogen-bond donors (Lipinski definition) is 0. The summed E-state index contributed by atoms with van der Waals surface area (Å²) in [5.74, 6) is 1.07. The van der Waals surface area contributed by atoms with Gasteiger partial charge in [0.1, 0.15) is 11.4 Å². The van der Waals surface area contributed by atoms with E-state index >= 15 is 0 Å². The van der Waals surface area contributed by atoms with Crippen LogP contribution in [0.15, 0.2) is 53.1 Å². The molecule has 0 saturated carbocycles. The highest BCUT2D eigenvalue weighted by Crippen LogP contribution is 2.25. The van der Waals surface area contributed by atoms with Gasteiger partial charge < -0.3 is 9.32 Å². The molecule has 1 saturated heterocycles. The van der Waals surface area contributed by atoms with Crippen LogP contribution >= 0.6 is 0 Å². The Morgan fingerprint density at radius 3 is 2.54 bits per heavy atom. The van der Waals surface area contributed by atoms with Gasteiger partial charge in [-0.05, 0) is 43.0 Å². The van der Waals surface area contributed by atoms with E-state index in [0.29, 0.717) is 41.8 Å². The lowest BCUT2D eigenvalue weighted by Crippen LogP contribution is -2.38. The van der Waals surface area contributed by atoms with Crippen molar-refractivity contribution in [2.24, 2.45) is 5.92 Å². The van der Waals surface area contributed by atoms with Crippen molar-refractivity contribution in [3.63, 3.8) is 0 Å². The summed E-state index contributed by atoms with van der Waals surface area (Å²) in [7, 11) is 0. The van der Waals surface area contributed by atoms with Gasteiger partial charge >= 0.3 is 0 Å². The van der Waals surface area contributed by atoms with Gasteiger partial charge in [-0.3, -0.25) is 14.9 Å². The molecule has 4 rings (SSSR count). The number of benzene rings is 1. The number of piperidine rings is 1. The molecule has 8 heteroatoms. The third-order valence-corrected chi connectivity index (χ3v) is 5.08. The third-order valence-electron chi connectivity index (χ3n) is 5.08. The van der Waals surface area contributed by atoms with E-state index in [1.54, 1.807) is 36.6 Å². The van der Waals surface area contributed by atoms with Crippen LogP contribution in [-0.4, -0.2) is 38.6 Å². The predicted molar refractivity (Wildman–Crippen MR) is 102 cm³/mol. The summed E-state index contributed by atoms with van der Waals surface area (Å²) >= 11 is 0. The Labute approximate surface area is 161 Å². The van der Waals surface area contributed by atoms with Crippen molar-refractivity contribution < 1.29 is 14.1 Å². The van der Waals surface area contributed by atoms with Gasteiger partial charge in [-0.15, -0.1) is 0 Å². The Bertz CT molecular complexity index is 984. The average molecular weight is 380 g/mol. The van der Waals surface area contributed by atoms with Gasteiger partial charge in [0.15, 0.2) is 5.76 Å². The number of hydrogen-bond acceptors (Lipinski definition) is 5. The number of nitro benzene ring substituents is 1. The molecule has 0 radical (unpaired) electrons. The van der Waals surface area contributed by atoms with E-state index in [0.717, 1.165) is 12.8 Å². The predicted octanol–water partition coefficient (Wildman–Crippen LogP) is 3.91. The van der Waals surface area contributed by atoms with Gasteiger partial charge in [-0.25, -0.2) is 4.68 Å². The zero-order valence-corrected chi connectivity index (χ0v) is 15.4. The molecule has 144 valence electrons. The molecular weight excluding hydrogens is 360 g/mol. The normalized spacial score (nSPS) is 15.0. The molecule has 0 spiro atoms. The lowest BCUT2D eigenvalue weighted by atomic mass is 9.99. The molecular formula is C20H20N4O4. The number of nitro groups is 1. The molecule has 1 aromatic carbocycles. The van der Waals surface area contributed by atoms with Gasteiger partial charge in [0.2, 0.25) is 0 Å². The zero-order valence-electron chi connectivity index (χ0n) is 15.4. The van der Waals surface area contributed by atoms with Crippen LogP contribution in [0.3, 0.4) is 0 Å². The maximum Gasteiger partial charge on any atom is 0.272 e. The molecule has 28 heavy (non-hydrogen) atoms. The first-order valence-electron chi connectivity index (χ1n) is 9.21. The van der Waals surface area contributed by atoms with Gasteiger partial charge in [-0.1, -0.05) is 6.92 Å². The molecule has 0 N–H and O–H groups in total. The Balaban J connectivity index is 1.73. The fraction of sp³-hybridized carbons (Fsp3) is 0.300. The maximum atomic E-state index is 13.2. The van der Waals surface area contributed by atoms with E-state index in [9.17, 15) is 14.9 Å². The number of likely N-dealkylation sites (tertiary alicyclic amines) is 1. The van der Waals surface area contributed by atoms with E-state index in [2.05, 4.69) is 12.0 Å². The Hall–Kier alpha value is -3.42. The zero-order chi connectivity index (χ0) is 19.7. The number of nitrogens with zero attached hydrogens (tertiary/aromatic N) is 4. The molecule has 2 aromatic heterocycles. The van der Waals surface area contributed by atoms with Gasteiger partial charge in [0.25, 0.3) is 11.6 Å². The number of furan rings is 1. The minimum Gasteiger partial charge on any atom is -0.463 e. The number of aromatic nitrogens is 2. The third kappa shape index (κ3) is 3.40. The van der Waals surface area contributed by atoms with Crippen molar-refractivity contribution in [3.8, 4) is 17.1 Å². The number of rotatable bonds is 4. The molecule has 1 amide bonds. The van der Waals surface area contributed by atoms with Crippen molar-refractivity contribution in [1.82, 2.24) is 14.7 Å². The smallest absolute Gasteiger partial charge is 0.272 e. The van der Waals surface area contributed by atoms with Crippen LogP contribution in [0.25, 0.3) is 17.1 Å². The molecule has 1 fully saturated rings. The van der Waals surface area contributed by atoms with Crippen LogP contribution in [0.4, 0.5) is 5.69 Å². The number of carbonyl (C=O) groups excluding carboxylic acids is 1. The van der Waals surface area contributed by atoms with E-state index < -0.39 is 4.92 Å². The summed E-state index contributed by atoms with van der Waals surface area (Å²) in [6, 6.07) is 11.2. The fourth-order valence-electron chi connectivity index (χ4n) is 3.36. The van der Waals surface area contributed by atoms with E-state index in [4.69, 9.17) is 4.42 Å². The van der Waals surface area contributed by atoms with E-state index in [1.165, 1.54) is 16.8 Å². The summed E-state index contributed by atoms with van der Waals surface area (Å²) < 4.78 is 6.95. The lowest BCUT2D eigenvalue weighted by molar-refractivity contribution is -0.384. The largest absolute Gasteiger partial charge is 0.463 e. The molecule has 0 unspecified atom stereocenters. The number of amides is 1. The molecule has 8 nitrogen and oxygen atoms in total. The van der Waals surface area contributed by atoms with Crippen molar-refractivity contribution in [1.29, 1.82) is 0 Å². The summed E-state index contributed by atoms with van der Waals surface area (Å²) in [5, 5.41) is 15.5. The highest BCUT2D eigenvalue weighted by molar-refractivity contribution is 5.94. The summed E-state index contributed by atoms with van der Waals surface area (Å²) in [6.07, 6.45) is 3.50. The average Bonchev–Trinajstić information content (AvgIpc) is 3.38. The first kappa shape index (κ1) is 18.0. The minimum absolute atomic E-state index is 0.0138. The lowest BCUT2D eigenvalue weighted by Gasteiger charge is -2.30. The van der Waals surface area contributed by atoms with Crippen molar-refractivity contribution in [3.05, 3.63) is 64.5 Å². The van der Waals surface area contributed by atoms with Crippen molar-refractivity contribution in [2.75, 3.05) is 13.1 Å². The summed E-state index contributed by atoms with van der Waals surface area (Å²) in [4.78, 5) is 25.5. The van der Waals surface area contributed by atoms with Crippen LogP contribution < -0.4 is 0 Å². The Morgan fingerprint density at radius 2 is 1.93 bits per heavy atom. The van der Waals surface area contributed by atoms with Crippen LogP contribution in [0.5, 0.6) is 0 Å². The van der Waals surface area contributed by atoms with Gasteiger partial charge in [0.05, 0.1) is 16.9 Å². The Kier molecular flexibility index (Phi) is 4.68. The summed E-state index contributed by atoms with van der Waals surface area (Å²) in [5.41, 5.74) is 1.52. The van der Waals surface area contributed by atoms with Crippen molar-refractivity contribution in [2.45, 2.75) is 19.8 Å². The van der Waals surface area contributed by atoms with Crippen LogP contribution in [0.1, 0.15) is 30.3 Å². The second kappa shape index (κ2) is 7.30. The van der Waals surface area contributed by atoms with E-state index in [1.807, 2.05) is 4.90 Å². The second-order valence-corrected chi connectivity index (χ2v) is 7.05. The first-order chi connectivity index (χ1) is 13.5. The van der Waals surface area contributed by atoms with Gasteiger partial charge in [-0.2, -0.15) is 5.10 Å². The Morgan fingerprint density at radius 1 is 1.21 bits per heavy atom. The van der Waals surface area contributed by atoms with Gasteiger partial charge in [0, 0.05) is 31.3 Å². The highest BCUT2D eigenvalue weighted by atomic mass is 16.6. The molecule has 3 heterocycles. The molecule has 1 aliphatic heterocycles. The van der Waals surface area contributed by atoms with Crippen LogP contribution in [0.2, 0.25) is 0 Å². The van der Waals surface area contributed by atoms with Crippen LogP contribution in [-0.2, 0) is 0 Å². The minimum atomic E-state index is -0.456. The number of non-ortho nitro benzene ring substituents is 1. The fourth-order valence-corrected chi connectivity index (χ4v) is 3.36. The quantitative estimate of drug-likeness (QED) is 0.505. The first-order valence-corrected chi connectivity index (χ1v) is 9.21. The highest BCUT2D eigenvalue weighted by Gasteiger charge is 2.26. The number of carbonyl (C=O) groups is 1. The summed E-state index contributed by atoms with van der Waals surface area (Å²) in [6.45, 7) is 3.61. The molecule has 0 atom stereocenters. The van der Waals surface area contributed by atoms with Crippen LogP contribution in [0, 0.1) is 16.0 Å². The second-order valence-electron chi connectivity index (χ2n) is 7.05. The van der Waals surface area contributed by atoms with E-state index in [-0.39, 0.29) is 11.6 Å².